The maximum atomic E-state index is 12.1. The van der Waals surface area contributed by atoms with Gasteiger partial charge in [0.05, 0.1) is 23.5 Å². The van der Waals surface area contributed by atoms with Crippen molar-refractivity contribution in [3.05, 3.63) is 23.2 Å². The number of anilines is 1. The van der Waals surface area contributed by atoms with Crippen LogP contribution in [0.3, 0.4) is 0 Å². The average Bonchev–Trinajstić information content (AvgIpc) is 2.95. The first-order valence-electron chi connectivity index (χ1n) is 8.19. The largest absolute Gasteiger partial charge is 0.404 e. The van der Waals surface area contributed by atoms with Crippen LogP contribution >= 0.6 is 0 Å². The van der Waals surface area contributed by atoms with Crippen molar-refractivity contribution in [3.63, 3.8) is 0 Å². The molecule has 1 amide bonds. The number of rotatable bonds is 4. The molecule has 1 aromatic heterocycles. The minimum absolute atomic E-state index is 0.0838. The number of aromatic nitrogens is 2. The summed E-state index contributed by atoms with van der Waals surface area (Å²) < 4.78 is 0. The van der Waals surface area contributed by atoms with E-state index in [-0.39, 0.29) is 18.0 Å². The zero-order valence-corrected chi connectivity index (χ0v) is 13.7. The molecule has 0 spiro atoms. The van der Waals surface area contributed by atoms with Crippen molar-refractivity contribution in [1.82, 2.24) is 15.3 Å². The van der Waals surface area contributed by atoms with Gasteiger partial charge in [0, 0.05) is 37.1 Å². The number of hydrogen-bond donors (Lipinski definition) is 4. The highest BCUT2D eigenvalue weighted by Gasteiger charge is 2.29. The van der Waals surface area contributed by atoms with Crippen LogP contribution in [0.4, 0.5) is 5.95 Å². The van der Waals surface area contributed by atoms with Crippen LogP contribution in [0.1, 0.15) is 47.4 Å². The number of allylic oxidation sites excluding steroid dienone is 1. The van der Waals surface area contributed by atoms with Crippen molar-refractivity contribution in [3.8, 4) is 0 Å². The molecule has 1 aromatic rings. The van der Waals surface area contributed by atoms with Crippen LogP contribution in [0.2, 0.25) is 0 Å². The molecule has 8 nitrogen and oxygen atoms in total. The molecule has 0 unspecified atom stereocenters. The van der Waals surface area contributed by atoms with E-state index in [0.29, 0.717) is 35.0 Å². The second-order valence-corrected chi connectivity index (χ2v) is 6.11. The monoisotopic (exact) mass is 329 g/mol. The SMILES string of the molecule is CN=C/C(=C\N)c1nc(N[C@@H]2CCCC[C@@H]2N)nc2c1C(=O)NC2. The van der Waals surface area contributed by atoms with E-state index >= 15 is 0 Å². The Bertz CT molecular complexity index is 698. The Morgan fingerprint density at radius 2 is 2.17 bits per heavy atom. The van der Waals surface area contributed by atoms with E-state index < -0.39 is 0 Å². The molecule has 1 aliphatic carbocycles. The second kappa shape index (κ2) is 6.96. The van der Waals surface area contributed by atoms with Gasteiger partial charge in [-0.25, -0.2) is 9.97 Å². The summed E-state index contributed by atoms with van der Waals surface area (Å²) in [5.74, 6) is 0.288. The molecule has 0 saturated heterocycles. The maximum Gasteiger partial charge on any atom is 0.255 e. The van der Waals surface area contributed by atoms with E-state index in [4.69, 9.17) is 11.5 Å². The number of carbonyl (C=O) groups excluding carboxylic acids is 1. The van der Waals surface area contributed by atoms with Crippen molar-refractivity contribution in [2.75, 3.05) is 12.4 Å². The Kier molecular flexibility index (Phi) is 4.75. The van der Waals surface area contributed by atoms with E-state index in [1.54, 1.807) is 13.3 Å². The quantitative estimate of drug-likeness (QED) is 0.591. The lowest BCUT2D eigenvalue weighted by atomic mass is 9.91. The topological polar surface area (TPSA) is 131 Å². The minimum atomic E-state index is -0.190. The first kappa shape index (κ1) is 16.4. The number of nitrogens with zero attached hydrogens (tertiary/aromatic N) is 3. The van der Waals surface area contributed by atoms with Crippen LogP contribution < -0.4 is 22.1 Å². The van der Waals surface area contributed by atoms with Crippen LogP contribution in [-0.4, -0.2) is 41.2 Å². The molecule has 0 bridgehead atoms. The van der Waals surface area contributed by atoms with Crippen molar-refractivity contribution in [2.24, 2.45) is 16.5 Å². The van der Waals surface area contributed by atoms with Gasteiger partial charge < -0.3 is 22.1 Å². The minimum Gasteiger partial charge on any atom is -0.404 e. The molecule has 2 atom stereocenters. The average molecular weight is 329 g/mol. The van der Waals surface area contributed by atoms with Crippen LogP contribution in [0, 0.1) is 0 Å². The molecule has 8 heteroatoms. The molecule has 1 aliphatic heterocycles. The highest BCUT2D eigenvalue weighted by Crippen LogP contribution is 2.25. The molecular formula is C16H23N7O. The number of nitrogens with two attached hydrogens (primary N) is 2. The third-order valence-corrected chi connectivity index (χ3v) is 4.48. The molecule has 2 aliphatic rings. The van der Waals surface area contributed by atoms with E-state index in [9.17, 15) is 4.79 Å². The fourth-order valence-electron chi connectivity index (χ4n) is 3.23. The molecule has 0 radical (unpaired) electrons. The van der Waals surface area contributed by atoms with Gasteiger partial charge in [-0.1, -0.05) is 12.8 Å². The smallest absolute Gasteiger partial charge is 0.255 e. The van der Waals surface area contributed by atoms with E-state index in [1.165, 1.54) is 6.20 Å². The summed E-state index contributed by atoms with van der Waals surface area (Å²) in [5.41, 5.74) is 14.1. The van der Waals surface area contributed by atoms with Gasteiger partial charge in [0.25, 0.3) is 5.91 Å². The van der Waals surface area contributed by atoms with E-state index in [1.807, 2.05) is 0 Å². The number of hydrogen-bond acceptors (Lipinski definition) is 7. The molecule has 0 aromatic carbocycles. The number of carbonyl (C=O) groups is 1. The van der Waals surface area contributed by atoms with Gasteiger partial charge in [-0.15, -0.1) is 0 Å². The van der Waals surface area contributed by atoms with Crippen molar-refractivity contribution >= 4 is 23.6 Å². The van der Waals surface area contributed by atoms with Crippen LogP contribution in [0.25, 0.3) is 5.57 Å². The zero-order chi connectivity index (χ0) is 17.1. The molecule has 1 fully saturated rings. The summed E-state index contributed by atoms with van der Waals surface area (Å²) in [4.78, 5) is 25.1. The first-order chi connectivity index (χ1) is 11.6. The standard InChI is InChI=1S/C16H23N7O/c1-19-7-9(6-17)14-13-12(8-20-15(13)24)22-16(23-14)21-11-5-3-2-4-10(11)18/h6-7,10-11H,2-5,8,17-18H2,1H3,(H,20,24)(H,21,22,23)/b9-6+,19-7?/t10-,11+/m0/s1. The normalized spacial score (nSPS) is 24.1. The highest BCUT2D eigenvalue weighted by atomic mass is 16.1. The van der Waals surface area contributed by atoms with Crippen LogP contribution in [0.15, 0.2) is 11.2 Å². The molecular weight excluding hydrogens is 306 g/mol. The molecule has 2 heterocycles. The van der Waals surface area contributed by atoms with Gasteiger partial charge in [-0.2, -0.15) is 0 Å². The van der Waals surface area contributed by atoms with Crippen LogP contribution in [0.5, 0.6) is 0 Å². The summed E-state index contributed by atoms with van der Waals surface area (Å²) in [6, 6.07) is 0.223. The lowest BCUT2D eigenvalue weighted by Crippen LogP contribution is -2.43. The molecule has 24 heavy (non-hydrogen) atoms. The van der Waals surface area contributed by atoms with Crippen molar-refractivity contribution in [1.29, 1.82) is 0 Å². The van der Waals surface area contributed by atoms with Crippen molar-refractivity contribution < 1.29 is 4.79 Å². The fraction of sp³-hybridized carbons (Fsp3) is 0.500. The first-order valence-corrected chi connectivity index (χ1v) is 8.19. The third-order valence-electron chi connectivity index (χ3n) is 4.48. The lowest BCUT2D eigenvalue weighted by Gasteiger charge is -2.29. The summed E-state index contributed by atoms with van der Waals surface area (Å²) in [6.45, 7) is 0.385. The Hall–Kier alpha value is -2.48. The Labute approximate surface area is 140 Å². The van der Waals surface area contributed by atoms with Gasteiger partial charge in [-0.3, -0.25) is 9.79 Å². The Morgan fingerprint density at radius 3 is 2.88 bits per heavy atom. The third kappa shape index (κ3) is 3.09. The molecule has 3 rings (SSSR count). The van der Waals surface area contributed by atoms with Gasteiger partial charge in [-0.05, 0) is 12.8 Å². The van der Waals surface area contributed by atoms with Gasteiger partial charge in [0.1, 0.15) is 0 Å². The lowest BCUT2D eigenvalue weighted by molar-refractivity contribution is 0.0965. The summed E-state index contributed by atoms with van der Waals surface area (Å²) in [5, 5.41) is 6.12. The molecule has 6 N–H and O–H groups in total. The predicted molar refractivity (Wildman–Crippen MR) is 93.6 cm³/mol. The summed E-state index contributed by atoms with van der Waals surface area (Å²) in [7, 11) is 1.64. The number of aliphatic imine (C=N–C) groups is 1. The number of nitrogens with one attached hydrogen (secondary N) is 2. The zero-order valence-electron chi connectivity index (χ0n) is 13.7. The Morgan fingerprint density at radius 1 is 1.38 bits per heavy atom. The van der Waals surface area contributed by atoms with E-state index in [2.05, 4.69) is 25.6 Å². The molecule has 1 saturated carbocycles. The number of amides is 1. The summed E-state index contributed by atoms with van der Waals surface area (Å²) in [6.07, 6.45) is 7.26. The number of fused-ring (bicyclic) bond motifs is 1. The summed E-state index contributed by atoms with van der Waals surface area (Å²) >= 11 is 0. The second-order valence-electron chi connectivity index (χ2n) is 6.11. The van der Waals surface area contributed by atoms with Gasteiger partial charge in [0.15, 0.2) is 0 Å². The van der Waals surface area contributed by atoms with E-state index in [0.717, 1.165) is 25.7 Å². The fourth-order valence-corrected chi connectivity index (χ4v) is 3.23. The molecule has 128 valence electrons. The Balaban J connectivity index is 1.98. The van der Waals surface area contributed by atoms with Gasteiger partial charge >= 0.3 is 0 Å². The predicted octanol–water partition coefficient (Wildman–Crippen LogP) is 0.402. The maximum absolute atomic E-state index is 12.1. The van der Waals surface area contributed by atoms with Gasteiger partial charge in [0.2, 0.25) is 5.95 Å². The highest BCUT2D eigenvalue weighted by molar-refractivity contribution is 6.14. The van der Waals surface area contributed by atoms with Crippen molar-refractivity contribution in [2.45, 2.75) is 44.3 Å². The van der Waals surface area contributed by atoms with Crippen LogP contribution in [-0.2, 0) is 6.54 Å².